The number of amidine groups is 1. The van der Waals surface area contributed by atoms with E-state index in [0.717, 1.165) is 40.1 Å². The van der Waals surface area contributed by atoms with Crippen molar-refractivity contribution < 1.29 is 9.59 Å². The van der Waals surface area contributed by atoms with Crippen LogP contribution in [-0.2, 0) is 9.59 Å². The minimum absolute atomic E-state index is 0.0288. The van der Waals surface area contributed by atoms with Crippen LogP contribution in [0.25, 0.3) is 0 Å². The predicted octanol–water partition coefficient (Wildman–Crippen LogP) is 5.22. The summed E-state index contributed by atoms with van der Waals surface area (Å²) < 4.78 is 1.11. The summed E-state index contributed by atoms with van der Waals surface area (Å²) in [7, 11) is 0. The molecule has 2 amide bonds. The van der Waals surface area contributed by atoms with Gasteiger partial charge in [0.25, 0.3) is 0 Å². The van der Waals surface area contributed by atoms with Gasteiger partial charge in [0.05, 0.1) is 6.54 Å². The first-order chi connectivity index (χ1) is 14.1. The molecule has 0 unspecified atom stereocenters. The number of rotatable bonds is 6. The van der Waals surface area contributed by atoms with E-state index >= 15 is 0 Å². The third-order valence-electron chi connectivity index (χ3n) is 5.26. The molecule has 1 aromatic rings. The average molecular weight is 525 g/mol. The molecule has 29 heavy (non-hydrogen) atoms. The van der Waals surface area contributed by atoms with E-state index in [1.165, 1.54) is 31.0 Å². The Hall–Kier alpha value is -1.35. The number of aliphatic imine (C=N–C) groups is 1. The molecule has 3 rings (SSSR count). The topological polar surface area (TPSA) is 61.8 Å². The Labute approximate surface area is 190 Å². The summed E-state index contributed by atoms with van der Waals surface area (Å²) >= 11 is 3.66. The number of hydrogen-bond acceptors (Lipinski definition) is 4. The summed E-state index contributed by atoms with van der Waals surface area (Å²) in [5, 5.41) is 3.25. The number of benzene rings is 1. The highest BCUT2D eigenvalue weighted by molar-refractivity contribution is 14.1. The van der Waals surface area contributed by atoms with Gasteiger partial charge in [-0.15, -0.1) is 6.58 Å². The lowest BCUT2D eigenvalue weighted by atomic mass is 9.95. The summed E-state index contributed by atoms with van der Waals surface area (Å²) in [4.78, 5) is 32.3. The molecular formula is C22H28IN3O2S. The summed E-state index contributed by atoms with van der Waals surface area (Å²) in [5.41, 5.74) is 0.753. The second-order valence-corrected chi connectivity index (χ2v) is 9.90. The number of halogens is 1. The molecular weight excluding hydrogens is 497 g/mol. The van der Waals surface area contributed by atoms with Crippen molar-refractivity contribution in [3.8, 4) is 0 Å². The van der Waals surface area contributed by atoms with Gasteiger partial charge in [-0.3, -0.25) is 19.5 Å². The Morgan fingerprint density at radius 3 is 2.52 bits per heavy atom. The van der Waals surface area contributed by atoms with Gasteiger partial charge in [-0.25, -0.2) is 0 Å². The van der Waals surface area contributed by atoms with E-state index < -0.39 is 5.25 Å². The number of anilines is 1. The van der Waals surface area contributed by atoms with Crippen molar-refractivity contribution in [3.63, 3.8) is 0 Å². The van der Waals surface area contributed by atoms with Gasteiger partial charge in [0, 0.05) is 21.7 Å². The molecule has 1 heterocycles. The maximum absolute atomic E-state index is 13.2. The van der Waals surface area contributed by atoms with Crippen molar-refractivity contribution in [2.24, 2.45) is 4.99 Å². The van der Waals surface area contributed by atoms with Crippen LogP contribution in [0.5, 0.6) is 0 Å². The second-order valence-electron chi connectivity index (χ2n) is 7.48. The van der Waals surface area contributed by atoms with Crippen LogP contribution in [-0.4, -0.2) is 39.7 Å². The Balaban J connectivity index is 1.69. The van der Waals surface area contributed by atoms with Gasteiger partial charge in [-0.05, 0) is 59.7 Å². The van der Waals surface area contributed by atoms with E-state index in [0.29, 0.717) is 6.54 Å². The van der Waals surface area contributed by atoms with E-state index in [1.807, 2.05) is 29.2 Å². The van der Waals surface area contributed by atoms with Crippen LogP contribution in [0.1, 0.15) is 51.4 Å². The van der Waals surface area contributed by atoms with E-state index in [9.17, 15) is 9.59 Å². The zero-order chi connectivity index (χ0) is 20.6. The van der Waals surface area contributed by atoms with Crippen LogP contribution in [0.4, 0.5) is 5.69 Å². The molecule has 1 aromatic carbocycles. The zero-order valence-electron chi connectivity index (χ0n) is 16.6. The Kier molecular flexibility index (Phi) is 8.59. The summed E-state index contributed by atoms with van der Waals surface area (Å²) in [6, 6.07) is 7.84. The van der Waals surface area contributed by atoms with Crippen LogP contribution in [0.2, 0.25) is 0 Å². The molecule has 1 aliphatic carbocycles. The third-order valence-corrected chi connectivity index (χ3v) is 7.17. The van der Waals surface area contributed by atoms with Crippen molar-refractivity contribution in [2.75, 3.05) is 11.9 Å². The maximum atomic E-state index is 13.2. The van der Waals surface area contributed by atoms with Crippen LogP contribution in [0.3, 0.4) is 0 Å². The van der Waals surface area contributed by atoms with Gasteiger partial charge in [-0.2, -0.15) is 0 Å². The van der Waals surface area contributed by atoms with E-state index in [-0.39, 0.29) is 24.3 Å². The van der Waals surface area contributed by atoms with Crippen molar-refractivity contribution in [1.82, 2.24) is 4.90 Å². The van der Waals surface area contributed by atoms with E-state index in [2.05, 4.69) is 39.5 Å². The molecule has 1 saturated heterocycles. The molecule has 156 valence electrons. The predicted molar refractivity (Wildman–Crippen MR) is 129 cm³/mol. The average Bonchev–Trinajstić information content (AvgIpc) is 2.97. The zero-order valence-corrected chi connectivity index (χ0v) is 19.6. The highest BCUT2D eigenvalue weighted by atomic mass is 127. The van der Waals surface area contributed by atoms with Crippen LogP contribution in [0, 0.1) is 3.57 Å². The second kappa shape index (κ2) is 11.2. The van der Waals surface area contributed by atoms with Gasteiger partial charge in [0.15, 0.2) is 5.17 Å². The maximum Gasteiger partial charge on any atom is 0.242 e. The Morgan fingerprint density at radius 1 is 1.21 bits per heavy atom. The molecule has 1 saturated carbocycles. The lowest BCUT2D eigenvalue weighted by Crippen LogP contribution is -2.42. The Morgan fingerprint density at radius 2 is 1.86 bits per heavy atom. The molecule has 2 aliphatic rings. The molecule has 1 N–H and O–H groups in total. The normalized spacial score (nSPS) is 22.4. The first-order valence-electron chi connectivity index (χ1n) is 10.3. The minimum atomic E-state index is -0.409. The SMILES string of the molecule is C=CCN=C1S[C@H](CC(=O)Nc2ccc(I)cc2)C(=O)N1C1CCCCCCC1. The Bertz CT molecular complexity index is 758. The van der Waals surface area contributed by atoms with E-state index in [1.54, 1.807) is 6.08 Å². The largest absolute Gasteiger partial charge is 0.326 e. The fraction of sp³-hybridized carbons (Fsp3) is 0.500. The highest BCUT2D eigenvalue weighted by Gasteiger charge is 2.42. The lowest BCUT2D eigenvalue weighted by Gasteiger charge is -2.29. The molecule has 1 aliphatic heterocycles. The van der Waals surface area contributed by atoms with Gasteiger partial charge in [-0.1, -0.05) is 49.9 Å². The van der Waals surface area contributed by atoms with Crippen molar-refractivity contribution in [3.05, 3.63) is 40.5 Å². The van der Waals surface area contributed by atoms with Crippen LogP contribution in [0.15, 0.2) is 41.9 Å². The number of nitrogens with zero attached hydrogens (tertiary/aromatic N) is 2. The number of thioether (sulfide) groups is 1. The van der Waals surface area contributed by atoms with Crippen LogP contribution < -0.4 is 5.32 Å². The number of amides is 2. The van der Waals surface area contributed by atoms with Crippen molar-refractivity contribution in [1.29, 1.82) is 0 Å². The van der Waals surface area contributed by atoms with Crippen molar-refractivity contribution >= 4 is 57.0 Å². The van der Waals surface area contributed by atoms with Crippen molar-refractivity contribution in [2.45, 2.75) is 62.7 Å². The van der Waals surface area contributed by atoms with Crippen LogP contribution >= 0.6 is 34.4 Å². The smallest absolute Gasteiger partial charge is 0.242 e. The standard InChI is InChI=1S/C22H28IN3O2S/c1-2-14-24-22-26(18-8-6-4-3-5-7-9-18)21(28)19(29-22)15-20(27)25-17-12-10-16(23)11-13-17/h2,10-13,18-19H,1,3-9,14-15H2,(H,25,27)/t19-/m1/s1. The molecule has 2 fully saturated rings. The monoisotopic (exact) mass is 525 g/mol. The van der Waals surface area contributed by atoms with Gasteiger partial charge < -0.3 is 5.32 Å². The first kappa shape index (κ1) is 22.3. The molecule has 0 aromatic heterocycles. The molecule has 5 nitrogen and oxygen atoms in total. The first-order valence-corrected chi connectivity index (χ1v) is 12.2. The number of carbonyl (C=O) groups excluding carboxylic acids is 2. The fourth-order valence-electron chi connectivity index (χ4n) is 3.81. The molecule has 0 bridgehead atoms. The van der Waals surface area contributed by atoms with E-state index in [4.69, 9.17) is 0 Å². The fourth-order valence-corrected chi connectivity index (χ4v) is 5.38. The summed E-state index contributed by atoms with van der Waals surface area (Å²) in [6.45, 7) is 4.23. The number of nitrogens with one attached hydrogen (secondary N) is 1. The number of carbonyl (C=O) groups is 2. The summed E-state index contributed by atoms with van der Waals surface area (Å²) in [6.07, 6.45) is 9.96. The molecule has 1 atom stereocenters. The number of hydrogen-bond donors (Lipinski definition) is 1. The lowest BCUT2D eigenvalue weighted by molar-refractivity contribution is -0.129. The molecule has 0 spiro atoms. The molecule has 7 heteroatoms. The summed E-state index contributed by atoms with van der Waals surface area (Å²) in [5.74, 6) is -0.110. The third kappa shape index (κ3) is 6.31. The quantitative estimate of drug-likeness (QED) is 0.410. The van der Waals surface area contributed by atoms with Gasteiger partial charge >= 0.3 is 0 Å². The molecule has 0 radical (unpaired) electrons. The van der Waals surface area contributed by atoms with Gasteiger partial charge in [0.2, 0.25) is 11.8 Å². The van der Waals surface area contributed by atoms with Gasteiger partial charge in [0.1, 0.15) is 5.25 Å². The highest BCUT2D eigenvalue weighted by Crippen LogP contribution is 2.35. The minimum Gasteiger partial charge on any atom is -0.326 e.